The largest absolute Gasteiger partial charge is 0.409 e. The SMILES string of the molecule is CCOCCCn1c(C)ccc(/C(N)=N/O)c1=O. The van der Waals surface area contributed by atoms with Gasteiger partial charge in [0.1, 0.15) is 0 Å². The van der Waals surface area contributed by atoms with Crippen LogP contribution in [0.3, 0.4) is 0 Å². The maximum Gasteiger partial charge on any atom is 0.261 e. The zero-order chi connectivity index (χ0) is 13.5. The van der Waals surface area contributed by atoms with Crippen LogP contribution in [0.4, 0.5) is 0 Å². The van der Waals surface area contributed by atoms with Crippen molar-refractivity contribution in [2.45, 2.75) is 26.8 Å². The normalized spacial score (nSPS) is 11.8. The lowest BCUT2D eigenvalue weighted by atomic mass is 10.2. The topological polar surface area (TPSA) is 89.8 Å². The summed E-state index contributed by atoms with van der Waals surface area (Å²) in [6.45, 7) is 5.60. The Labute approximate surface area is 106 Å². The van der Waals surface area contributed by atoms with Gasteiger partial charge in [0, 0.05) is 25.5 Å². The Hall–Kier alpha value is -1.82. The average Bonchev–Trinajstić information content (AvgIpc) is 2.37. The molecule has 0 aliphatic rings. The molecule has 100 valence electrons. The number of oxime groups is 1. The molecule has 6 nitrogen and oxygen atoms in total. The van der Waals surface area contributed by atoms with Gasteiger partial charge in [-0.25, -0.2) is 0 Å². The van der Waals surface area contributed by atoms with Gasteiger partial charge in [0.15, 0.2) is 5.84 Å². The van der Waals surface area contributed by atoms with Crippen molar-refractivity contribution in [1.82, 2.24) is 4.57 Å². The van der Waals surface area contributed by atoms with E-state index in [4.69, 9.17) is 15.7 Å². The fraction of sp³-hybridized carbons (Fsp3) is 0.500. The molecular formula is C12H19N3O3. The number of hydrogen-bond acceptors (Lipinski definition) is 4. The summed E-state index contributed by atoms with van der Waals surface area (Å²) >= 11 is 0. The van der Waals surface area contributed by atoms with E-state index < -0.39 is 0 Å². The van der Waals surface area contributed by atoms with Crippen LogP contribution in [-0.2, 0) is 11.3 Å². The second-order valence-corrected chi connectivity index (χ2v) is 3.88. The predicted octanol–water partition coefficient (Wildman–Crippen LogP) is 0.678. The van der Waals surface area contributed by atoms with Gasteiger partial charge in [0.2, 0.25) is 0 Å². The van der Waals surface area contributed by atoms with E-state index in [0.717, 1.165) is 12.1 Å². The number of nitrogens with two attached hydrogens (primary N) is 1. The predicted molar refractivity (Wildman–Crippen MR) is 69.1 cm³/mol. The molecule has 1 heterocycles. The molecule has 0 amide bonds. The number of aromatic nitrogens is 1. The van der Waals surface area contributed by atoms with Crippen LogP contribution in [0.2, 0.25) is 0 Å². The van der Waals surface area contributed by atoms with Crippen molar-refractivity contribution in [2.75, 3.05) is 13.2 Å². The molecule has 0 spiro atoms. The van der Waals surface area contributed by atoms with Crippen molar-refractivity contribution in [3.05, 3.63) is 33.7 Å². The zero-order valence-corrected chi connectivity index (χ0v) is 10.7. The molecule has 18 heavy (non-hydrogen) atoms. The molecule has 0 saturated carbocycles. The minimum absolute atomic E-state index is 0.168. The van der Waals surface area contributed by atoms with Gasteiger partial charge in [-0.3, -0.25) is 4.79 Å². The monoisotopic (exact) mass is 253 g/mol. The van der Waals surface area contributed by atoms with Crippen molar-refractivity contribution in [3.8, 4) is 0 Å². The van der Waals surface area contributed by atoms with Crippen LogP contribution in [0.25, 0.3) is 0 Å². The first-order valence-electron chi connectivity index (χ1n) is 5.87. The van der Waals surface area contributed by atoms with Gasteiger partial charge in [0.05, 0.1) is 5.56 Å². The molecule has 0 unspecified atom stereocenters. The Balaban J connectivity index is 2.93. The van der Waals surface area contributed by atoms with Gasteiger partial charge in [-0.2, -0.15) is 0 Å². The van der Waals surface area contributed by atoms with E-state index in [1.165, 1.54) is 0 Å². The Morgan fingerprint density at radius 3 is 2.89 bits per heavy atom. The minimum Gasteiger partial charge on any atom is -0.409 e. The number of nitrogens with zero attached hydrogens (tertiary/aromatic N) is 2. The number of rotatable bonds is 6. The quantitative estimate of drug-likeness (QED) is 0.256. The molecule has 3 N–H and O–H groups in total. The molecule has 0 atom stereocenters. The maximum absolute atomic E-state index is 12.1. The molecule has 1 aromatic heterocycles. The standard InChI is InChI=1S/C12H19N3O3/c1-3-18-8-4-7-15-9(2)5-6-10(12(15)16)11(13)14-17/h5-6,17H,3-4,7-8H2,1-2H3,(H2,13,14). The zero-order valence-electron chi connectivity index (χ0n) is 10.7. The number of hydrogen-bond donors (Lipinski definition) is 2. The van der Waals surface area contributed by atoms with Crippen molar-refractivity contribution in [2.24, 2.45) is 10.9 Å². The summed E-state index contributed by atoms with van der Waals surface area (Å²) in [5.74, 6) is -0.168. The highest BCUT2D eigenvalue weighted by Crippen LogP contribution is 2.00. The maximum atomic E-state index is 12.1. The molecule has 0 aromatic carbocycles. The third-order valence-corrected chi connectivity index (χ3v) is 2.65. The van der Waals surface area contributed by atoms with Crippen molar-refractivity contribution in [3.63, 3.8) is 0 Å². The lowest BCUT2D eigenvalue weighted by Gasteiger charge is -2.11. The lowest BCUT2D eigenvalue weighted by molar-refractivity contribution is 0.141. The number of ether oxygens (including phenoxy) is 1. The van der Waals surface area contributed by atoms with E-state index in [9.17, 15) is 4.79 Å². The van der Waals surface area contributed by atoms with E-state index >= 15 is 0 Å². The van der Waals surface area contributed by atoms with Gasteiger partial charge in [-0.15, -0.1) is 0 Å². The van der Waals surface area contributed by atoms with Crippen LogP contribution in [0.15, 0.2) is 22.1 Å². The number of amidine groups is 1. The van der Waals surface area contributed by atoms with Crippen molar-refractivity contribution >= 4 is 5.84 Å². The molecular weight excluding hydrogens is 234 g/mol. The third kappa shape index (κ3) is 3.33. The molecule has 0 radical (unpaired) electrons. The highest BCUT2D eigenvalue weighted by Gasteiger charge is 2.09. The Bertz CT molecular complexity index is 480. The summed E-state index contributed by atoms with van der Waals surface area (Å²) in [5, 5.41) is 11.5. The van der Waals surface area contributed by atoms with Gasteiger partial charge in [0.25, 0.3) is 5.56 Å². The first-order chi connectivity index (χ1) is 8.61. The van der Waals surface area contributed by atoms with Gasteiger partial charge < -0.3 is 20.2 Å². The molecule has 0 bridgehead atoms. The Kier molecular flexibility index (Phi) is 5.38. The molecule has 6 heteroatoms. The third-order valence-electron chi connectivity index (χ3n) is 2.65. The molecule has 1 aromatic rings. The lowest BCUT2D eigenvalue weighted by Crippen LogP contribution is -2.31. The molecule has 0 aliphatic carbocycles. The van der Waals surface area contributed by atoms with E-state index in [2.05, 4.69) is 5.16 Å². The van der Waals surface area contributed by atoms with E-state index in [-0.39, 0.29) is 17.0 Å². The van der Waals surface area contributed by atoms with Crippen molar-refractivity contribution < 1.29 is 9.94 Å². The highest BCUT2D eigenvalue weighted by atomic mass is 16.5. The summed E-state index contributed by atoms with van der Waals surface area (Å²) in [6.07, 6.45) is 0.744. The highest BCUT2D eigenvalue weighted by molar-refractivity contribution is 5.96. The second kappa shape index (κ2) is 6.80. The molecule has 0 saturated heterocycles. The molecule has 0 aliphatic heterocycles. The second-order valence-electron chi connectivity index (χ2n) is 3.88. The van der Waals surface area contributed by atoms with Gasteiger partial charge in [-0.1, -0.05) is 5.16 Å². The van der Waals surface area contributed by atoms with E-state index in [0.29, 0.717) is 19.8 Å². The summed E-state index contributed by atoms with van der Waals surface area (Å²) in [4.78, 5) is 12.1. The number of aryl methyl sites for hydroxylation is 1. The van der Waals surface area contributed by atoms with Crippen LogP contribution < -0.4 is 11.3 Å². The van der Waals surface area contributed by atoms with Crippen LogP contribution >= 0.6 is 0 Å². The summed E-state index contributed by atoms with van der Waals surface area (Å²) in [7, 11) is 0. The molecule has 1 rings (SSSR count). The smallest absolute Gasteiger partial charge is 0.261 e. The summed E-state index contributed by atoms with van der Waals surface area (Å²) in [6, 6.07) is 3.33. The number of pyridine rings is 1. The minimum atomic E-state index is -0.248. The van der Waals surface area contributed by atoms with Crippen LogP contribution in [-0.4, -0.2) is 28.8 Å². The van der Waals surface area contributed by atoms with E-state index in [1.807, 2.05) is 13.8 Å². The fourth-order valence-electron chi connectivity index (χ4n) is 1.67. The van der Waals surface area contributed by atoms with Crippen molar-refractivity contribution in [1.29, 1.82) is 0 Å². The Morgan fingerprint density at radius 1 is 1.56 bits per heavy atom. The van der Waals surface area contributed by atoms with Gasteiger partial charge >= 0.3 is 0 Å². The average molecular weight is 253 g/mol. The van der Waals surface area contributed by atoms with Crippen LogP contribution in [0.1, 0.15) is 24.6 Å². The summed E-state index contributed by atoms with van der Waals surface area (Å²) in [5.41, 5.74) is 6.25. The summed E-state index contributed by atoms with van der Waals surface area (Å²) < 4.78 is 6.83. The van der Waals surface area contributed by atoms with Crippen LogP contribution in [0, 0.1) is 6.92 Å². The molecule has 0 fully saturated rings. The first-order valence-corrected chi connectivity index (χ1v) is 5.87. The van der Waals surface area contributed by atoms with Crippen LogP contribution in [0.5, 0.6) is 0 Å². The van der Waals surface area contributed by atoms with Gasteiger partial charge in [-0.05, 0) is 32.4 Å². The fourth-order valence-corrected chi connectivity index (χ4v) is 1.67. The van der Waals surface area contributed by atoms with E-state index in [1.54, 1.807) is 16.7 Å². The Morgan fingerprint density at radius 2 is 2.28 bits per heavy atom. The first kappa shape index (κ1) is 14.2.